The lowest BCUT2D eigenvalue weighted by molar-refractivity contribution is -0.144. The quantitative estimate of drug-likeness (QED) is 0.783. The zero-order chi connectivity index (χ0) is 19.4. The van der Waals surface area contributed by atoms with Gasteiger partial charge in [0.1, 0.15) is 0 Å². The zero-order valence-corrected chi connectivity index (χ0v) is 16.5. The minimum Gasteiger partial charge on any atom is -0.326 e. The molecule has 1 aliphatic heterocycles. The Balaban J connectivity index is 1.20. The zero-order valence-electron chi connectivity index (χ0n) is 15.8. The third-order valence-corrected chi connectivity index (χ3v) is 7.76. The predicted octanol–water partition coefficient (Wildman–Crippen LogP) is 3.87. The number of hydrogen-bond donors (Lipinski definition) is 1. The van der Waals surface area contributed by atoms with Crippen LogP contribution in [0.5, 0.6) is 0 Å². The first-order chi connectivity index (χ1) is 13.5. The fourth-order valence-corrected chi connectivity index (χ4v) is 6.29. The van der Waals surface area contributed by atoms with Crippen molar-refractivity contribution in [1.29, 1.82) is 0 Å². The van der Waals surface area contributed by atoms with E-state index in [4.69, 9.17) is 11.6 Å². The van der Waals surface area contributed by atoms with Crippen LogP contribution in [-0.4, -0.2) is 28.7 Å². The molecule has 5 rings (SSSR count). The molecule has 3 aliphatic carbocycles. The van der Waals surface area contributed by atoms with Crippen molar-refractivity contribution >= 4 is 35.0 Å². The van der Waals surface area contributed by atoms with Crippen molar-refractivity contribution in [3.8, 4) is 0 Å². The highest BCUT2D eigenvalue weighted by Crippen LogP contribution is 2.56. The Morgan fingerprint density at radius 1 is 0.893 bits per heavy atom. The maximum Gasteiger partial charge on any atom is 0.233 e. The molecule has 1 aromatic rings. The Morgan fingerprint density at radius 2 is 1.46 bits per heavy atom. The van der Waals surface area contributed by atoms with E-state index in [0.29, 0.717) is 29.7 Å². The van der Waals surface area contributed by atoms with E-state index in [1.54, 1.807) is 29.2 Å². The van der Waals surface area contributed by atoms with Gasteiger partial charge >= 0.3 is 0 Å². The first-order valence-electron chi connectivity index (χ1n) is 10.5. The van der Waals surface area contributed by atoms with Crippen LogP contribution in [-0.2, 0) is 14.4 Å². The fraction of sp³-hybridized carbons (Fsp3) is 0.591. The maximum atomic E-state index is 13.0. The average Bonchev–Trinajstić information content (AvgIpc) is 3.38. The van der Waals surface area contributed by atoms with Crippen LogP contribution in [0.15, 0.2) is 24.3 Å². The average molecular weight is 401 g/mol. The number of carbonyl (C=O) groups excluding carboxylic acids is 3. The molecular formula is C22H25ClN2O3. The van der Waals surface area contributed by atoms with Crippen molar-refractivity contribution in [3.63, 3.8) is 0 Å². The molecule has 4 fully saturated rings. The van der Waals surface area contributed by atoms with Crippen molar-refractivity contribution in [1.82, 2.24) is 4.90 Å². The molecule has 0 radical (unpaired) electrons. The maximum absolute atomic E-state index is 13.0. The number of imide groups is 1. The molecule has 28 heavy (non-hydrogen) atoms. The summed E-state index contributed by atoms with van der Waals surface area (Å²) in [5, 5.41) is 3.58. The molecule has 148 valence electrons. The molecule has 3 saturated carbocycles. The minimum atomic E-state index is -0.0737. The van der Waals surface area contributed by atoms with Gasteiger partial charge in [0.05, 0.1) is 11.8 Å². The number of nitrogens with one attached hydrogen (secondary N) is 1. The topological polar surface area (TPSA) is 66.5 Å². The lowest BCUT2D eigenvalue weighted by Crippen LogP contribution is -2.44. The number of nitrogens with zero attached hydrogens (tertiary/aromatic N) is 1. The third-order valence-electron chi connectivity index (χ3n) is 7.51. The van der Waals surface area contributed by atoms with Gasteiger partial charge in [-0.05, 0) is 81.0 Å². The van der Waals surface area contributed by atoms with Crippen LogP contribution in [0.4, 0.5) is 5.69 Å². The van der Waals surface area contributed by atoms with Crippen molar-refractivity contribution in [2.75, 3.05) is 5.32 Å². The summed E-state index contributed by atoms with van der Waals surface area (Å²) in [4.78, 5) is 40.1. The van der Waals surface area contributed by atoms with Gasteiger partial charge in [-0.1, -0.05) is 11.6 Å². The second-order valence-corrected chi connectivity index (χ2v) is 9.37. The Hall–Kier alpha value is -1.88. The smallest absolute Gasteiger partial charge is 0.233 e. The van der Waals surface area contributed by atoms with E-state index in [1.165, 1.54) is 0 Å². The van der Waals surface area contributed by atoms with Crippen molar-refractivity contribution in [3.05, 3.63) is 29.3 Å². The molecule has 0 unspecified atom stereocenters. The molecule has 0 aromatic heterocycles. The highest BCUT2D eigenvalue weighted by atomic mass is 35.5. The molecule has 6 heteroatoms. The number of rotatable bonds is 3. The Bertz CT molecular complexity index is 788. The van der Waals surface area contributed by atoms with Crippen LogP contribution in [0, 0.1) is 29.6 Å². The van der Waals surface area contributed by atoms with E-state index < -0.39 is 0 Å². The number of amides is 3. The van der Waals surface area contributed by atoms with Crippen LogP contribution in [0.25, 0.3) is 0 Å². The second-order valence-electron chi connectivity index (χ2n) is 8.93. The molecule has 0 spiro atoms. The number of likely N-dealkylation sites (tertiary alicyclic amines) is 1. The first kappa shape index (κ1) is 18.2. The minimum absolute atomic E-state index is 0.00904. The summed E-state index contributed by atoms with van der Waals surface area (Å²) >= 11 is 5.88. The summed E-state index contributed by atoms with van der Waals surface area (Å²) in [6.07, 6.45) is 6.16. The lowest BCUT2D eigenvalue weighted by atomic mass is 9.81. The van der Waals surface area contributed by atoms with Crippen LogP contribution in [0.3, 0.4) is 0 Å². The normalized spacial score (nSPS) is 36.7. The molecule has 5 nitrogen and oxygen atoms in total. The highest BCUT2D eigenvalue weighted by Gasteiger charge is 2.61. The number of anilines is 1. The third kappa shape index (κ3) is 2.86. The van der Waals surface area contributed by atoms with Crippen molar-refractivity contribution in [2.24, 2.45) is 29.6 Å². The monoisotopic (exact) mass is 400 g/mol. The van der Waals surface area contributed by atoms with Gasteiger partial charge in [-0.15, -0.1) is 0 Å². The largest absolute Gasteiger partial charge is 0.326 e. The van der Waals surface area contributed by atoms with Crippen molar-refractivity contribution < 1.29 is 14.4 Å². The fourth-order valence-electron chi connectivity index (χ4n) is 6.17. The Labute approximate surface area is 169 Å². The van der Waals surface area contributed by atoms with Gasteiger partial charge in [0.2, 0.25) is 17.7 Å². The summed E-state index contributed by atoms with van der Waals surface area (Å²) in [6.45, 7) is 0. The van der Waals surface area contributed by atoms with Crippen LogP contribution < -0.4 is 5.32 Å². The molecule has 1 aromatic carbocycles. The summed E-state index contributed by atoms with van der Waals surface area (Å²) in [6, 6.07) is 7.07. The number of carbonyl (C=O) groups is 3. The Morgan fingerprint density at radius 3 is 2.04 bits per heavy atom. The molecule has 4 atom stereocenters. The number of fused-ring (bicyclic) bond motifs is 5. The predicted molar refractivity (Wildman–Crippen MR) is 105 cm³/mol. The summed E-state index contributed by atoms with van der Waals surface area (Å²) in [5.41, 5.74) is 0.740. The molecule has 3 amide bonds. The van der Waals surface area contributed by atoms with Gasteiger partial charge < -0.3 is 5.32 Å². The van der Waals surface area contributed by atoms with E-state index in [-0.39, 0.29) is 41.5 Å². The van der Waals surface area contributed by atoms with Gasteiger partial charge in [-0.25, -0.2) is 0 Å². The van der Waals surface area contributed by atoms with Gasteiger partial charge in [-0.3, -0.25) is 19.3 Å². The Kier molecular flexibility index (Phi) is 4.46. The molecule has 4 aliphatic rings. The first-order valence-corrected chi connectivity index (χ1v) is 10.8. The van der Waals surface area contributed by atoms with E-state index in [9.17, 15) is 14.4 Å². The second kappa shape index (κ2) is 6.87. The van der Waals surface area contributed by atoms with Gasteiger partial charge in [0.25, 0.3) is 0 Å². The standard InChI is InChI=1S/C22H25ClN2O3/c23-15-5-7-16(8-6-15)24-20(26)12-3-9-17(10-4-12)25-21(27)18-13-1-2-14(11-13)19(18)22(25)28/h5-8,12-14,17-19H,1-4,9-11H2,(H,24,26)/t12?,13-,14+,17?,18-,19-/m0/s1. The number of benzene rings is 1. The van der Waals surface area contributed by atoms with Gasteiger partial charge in [0, 0.05) is 22.7 Å². The van der Waals surface area contributed by atoms with Gasteiger partial charge in [0.15, 0.2) is 0 Å². The van der Waals surface area contributed by atoms with Crippen LogP contribution in [0.2, 0.25) is 5.02 Å². The molecule has 1 heterocycles. The van der Waals surface area contributed by atoms with Crippen LogP contribution in [0.1, 0.15) is 44.9 Å². The molecule has 1 saturated heterocycles. The number of hydrogen-bond acceptors (Lipinski definition) is 3. The molecular weight excluding hydrogens is 376 g/mol. The number of halogens is 1. The van der Waals surface area contributed by atoms with Crippen molar-refractivity contribution in [2.45, 2.75) is 51.0 Å². The van der Waals surface area contributed by atoms with E-state index in [2.05, 4.69) is 5.32 Å². The van der Waals surface area contributed by atoms with E-state index in [1.807, 2.05) is 0 Å². The SMILES string of the molecule is O=C(Nc1ccc(Cl)cc1)C1CCC(N2C(=O)[C@H]3[C@@H]4CC[C@@H](C4)[C@@H]3C2=O)CC1. The summed E-state index contributed by atoms with van der Waals surface area (Å²) in [7, 11) is 0. The van der Waals surface area contributed by atoms with Gasteiger partial charge in [-0.2, -0.15) is 0 Å². The highest BCUT2D eigenvalue weighted by molar-refractivity contribution is 6.30. The summed E-state index contributed by atoms with van der Waals surface area (Å²) in [5.74, 6) is 0.864. The van der Waals surface area contributed by atoms with E-state index >= 15 is 0 Å². The van der Waals surface area contributed by atoms with E-state index in [0.717, 1.165) is 37.8 Å². The lowest BCUT2D eigenvalue weighted by Gasteiger charge is -2.33. The molecule has 2 bridgehead atoms. The summed E-state index contributed by atoms with van der Waals surface area (Å²) < 4.78 is 0. The van der Waals surface area contributed by atoms with Crippen LogP contribution >= 0.6 is 11.6 Å². The molecule has 1 N–H and O–H groups in total.